The number of rotatable bonds is 5. The molecule has 0 atom stereocenters. The molecule has 1 aliphatic rings. The van der Waals surface area contributed by atoms with Crippen LogP contribution in [0.5, 0.6) is 0 Å². The Morgan fingerprint density at radius 1 is 1.43 bits per heavy atom. The first-order valence-electron chi connectivity index (χ1n) is 7.82. The predicted molar refractivity (Wildman–Crippen MR) is 94.2 cm³/mol. The summed E-state index contributed by atoms with van der Waals surface area (Å²) in [6.45, 7) is 3.61. The molecule has 6 heteroatoms. The molecule has 1 N–H and O–H groups in total. The smallest absolute Gasteiger partial charge is 0.251 e. The second-order valence-electron chi connectivity index (χ2n) is 5.95. The quantitative estimate of drug-likeness (QED) is 0.911. The predicted octanol–water partition coefficient (Wildman–Crippen LogP) is 2.00. The van der Waals surface area contributed by atoms with Gasteiger partial charge in [0.1, 0.15) is 5.82 Å². The average molecular weight is 330 g/mol. The topological polar surface area (TPSA) is 48.5 Å². The van der Waals surface area contributed by atoms with E-state index in [0.29, 0.717) is 12.1 Å². The molecule has 0 bridgehead atoms. The Labute approximate surface area is 140 Å². The summed E-state index contributed by atoms with van der Waals surface area (Å²) in [5.74, 6) is 0.752. The molecule has 0 spiro atoms. The van der Waals surface area contributed by atoms with E-state index in [1.54, 1.807) is 12.3 Å². The summed E-state index contributed by atoms with van der Waals surface area (Å²) in [7, 11) is 3.83. The van der Waals surface area contributed by atoms with Crippen LogP contribution in [0, 0.1) is 0 Å². The van der Waals surface area contributed by atoms with Crippen LogP contribution < -0.4 is 10.2 Å². The number of nitrogens with one attached hydrogen (secondary N) is 1. The molecule has 0 saturated heterocycles. The van der Waals surface area contributed by atoms with Crippen LogP contribution in [0.4, 0.5) is 5.82 Å². The van der Waals surface area contributed by atoms with Gasteiger partial charge in [-0.2, -0.15) is 0 Å². The molecule has 0 fully saturated rings. The number of carbonyl (C=O) groups is 1. The molecule has 0 aromatic carbocycles. The minimum absolute atomic E-state index is 0.0382. The summed E-state index contributed by atoms with van der Waals surface area (Å²) in [6.07, 6.45) is 2.80. The van der Waals surface area contributed by atoms with Crippen molar-refractivity contribution in [1.29, 1.82) is 0 Å². The third kappa shape index (κ3) is 3.89. The van der Waals surface area contributed by atoms with Gasteiger partial charge in [-0.25, -0.2) is 4.98 Å². The minimum Gasteiger partial charge on any atom is -0.363 e. The van der Waals surface area contributed by atoms with Crippen molar-refractivity contribution in [1.82, 2.24) is 15.2 Å². The number of aromatic nitrogens is 1. The molecule has 0 saturated carbocycles. The standard InChI is InChI=1S/C17H22N4OS/c1-20(2)16-11-13(3-6-18-16)17(22)19-7-9-21-8-4-15-14(12-21)5-10-23-15/h3,5-6,10-11H,4,7-9,12H2,1-2H3,(H,19,22). The number of hydrogen-bond acceptors (Lipinski definition) is 5. The van der Waals surface area contributed by atoms with E-state index in [1.165, 1.54) is 10.4 Å². The molecule has 5 nitrogen and oxygen atoms in total. The lowest BCUT2D eigenvalue weighted by molar-refractivity contribution is 0.0947. The lowest BCUT2D eigenvalue weighted by atomic mass is 10.1. The number of hydrogen-bond donors (Lipinski definition) is 1. The maximum Gasteiger partial charge on any atom is 0.251 e. The summed E-state index contributed by atoms with van der Waals surface area (Å²) >= 11 is 1.85. The third-order valence-corrected chi connectivity index (χ3v) is 5.09. The molecule has 0 aliphatic carbocycles. The highest BCUT2D eigenvalue weighted by Crippen LogP contribution is 2.23. The SMILES string of the molecule is CN(C)c1cc(C(=O)NCCN2CCc3sccc3C2)ccn1. The van der Waals surface area contributed by atoms with Gasteiger partial charge in [-0.1, -0.05) is 0 Å². The fourth-order valence-corrected chi connectivity index (χ4v) is 3.62. The van der Waals surface area contributed by atoms with Crippen molar-refractivity contribution in [2.45, 2.75) is 13.0 Å². The van der Waals surface area contributed by atoms with Crippen LogP contribution in [-0.2, 0) is 13.0 Å². The zero-order valence-electron chi connectivity index (χ0n) is 13.6. The molecule has 2 aromatic rings. The number of nitrogens with zero attached hydrogens (tertiary/aromatic N) is 3. The Bertz CT molecular complexity index is 683. The van der Waals surface area contributed by atoms with Crippen LogP contribution in [0.1, 0.15) is 20.8 Å². The van der Waals surface area contributed by atoms with Gasteiger partial charge < -0.3 is 10.2 Å². The van der Waals surface area contributed by atoms with E-state index in [4.69, 9.17) is 0 Å². The maximum atomic E-state index is 12.2. The van der Waals surface area contributed by atoms with E-state index in [-0.39, 0.29) is 5.91 Å². The molecule has 0 radical (unpaired) electrons. The van der Waals surface area contributed by atoms with Crippen molar-refractivity contribution in [2.75, 3.05) is 38.6 Å². The normalized spacial score (nSPS) is 14.3. The van der Waals surface area contributed by atoms with Crippen LogP contribution in [0.3, 0.4) is 0 Å². The molecule has 122 valence electrons. The van der Waals surface area contributed by atoms with Crippen LogP contribution in [0.2, 0.25) is 0 Å². The van der Waals surface area contributed by atoms with Crippen LogP contribution >= 0.6 is 11.3 Å². The first-order chi connectivity index (χ1) is 11.1. The third-order valence-electron chi connectivity index (χ3n) is 4.07. The van der Waals surface area contributed by atoms with E-state index in [0.717, 1.165) is 31.9 Å². The van der Waals surface area contributed by atoms with Crippen molar-refractivity contribution < 1.29 is 4.79 Å². The Morgan fingerprint density at radius 2 is 2.30 bits per heavy atom. The van der Waals surface area contributed by atoms with Crippen LogP contribution in [0.15, 0.2) is 29.8 Å². The van der Waals surface area contributed by atoms with E-state index in [9.17, 15) is 4.79 Å². The summed E-state index contributed by atoms with van der Waals surface area (Å²) < 4.78 is 0. The molecule has 23 heavy (non-hydrogen) atoms. The Morgan fingerprint density at radius 3 is 3.13 bits per heavy atom. The molecule has 2 aromatic heterocycles. The van der Waals surface area contributed by atoms with Gasteiger partial charge in [0.15, 0.2) is 0 Å². The summed E-state index contributed by atoms with van der Waals surface area (Å²) in [5, 5.41) is 5.17. The number of fused-ring (bicyclic) bond motifs is 1. The average Bonchev–Trinajstić information content (AvgIpc) is 3.02. The number of amides is 1. The van der Waals surface area contributed by atoms with E-state index in [1.807, 2.05) is 36.4 Å². The molecule has 3 rings (SSSR count). The fraction of sp³-hybridized carbons (Fsp3) is 0.412. The van der Waals surface area contributed by atoms with E-state index < -0.39 is 0 Å². The monoisotopic (exact) mass is 330 g/mol. The van der Waals surface area contributed by atoms with Crippen molar-refractivity contribution in [2.24, 2.45) is 0 Å². The number of thiophene rings is 1. The summed E-state index contributed by atoms with van der Waals surface area (Å²) in [5.41, 5.74) is 2.10. The van der Waals surface area contributed by atoms with Crippen molar-refractivity contribution >= 4 is 23.1 Å². The fourth-order valence-electron chi connectivity index (χ4n) is 2.73. The molecule has 1 aliphatic heterocycles. The van der Waals surface area contributed by atoms with Gasteiger partial charge in [0.05, 0.1) is 0 Å². The van der Waals surface area contributed by atoms with Crippen molar-refractivity contribution in [3.05, 3.63) is 45.8 Å². The number of carbonyl (C=O) groups excluding carboxylic acids is 1. The second-order valence-corrected chi connectivity index (χ2v) is 6.95. The molecular formula is C17H22N4OS. The highest BCUT2D eigenvalue weighted by Gasteiger charge is 2.17. The number of anilines is 1. The first-order valence-corrected chi connectivity index (χ1v) is 8.70. The molecular weight excluding hydrogens is 308 g/mol. The minimum atomic E-state index is -0.0382. The Kier molecular flexibility index (Phi) is 4.93. The Hall–Kier alpha value is -1.92. The highest BCUT2D eigenvalue weighted by molar-refractivity contribution is 7.10. The van der Waals surface area contributed by atoms with Crippen molar-refractivity contribution in [3.63, 3.8) is 0 Å². The number of pyridine rings is 1. The van der Waals surface area contributed by atoms with Gasteiger partial charge in [0.25, 0.3) is 5.91 Å². The zero-order chi connectivity index (χ0) is 16.2. The van der Waals surface area contributed by atoms with Gasteiger partial charge in [0, 0.05) is 56.9 Å². The van der Waals surface area contributed by atoms with Crippen molar-refractivity contribution in [3.8, 4) is 0 Å². The van der Waals surface area contributed by atoms with E-state index in [2.05, 4.69) is 26.6 Å². The van der Waals surface area contributed by atoms with Gasteiger partial charge in [-0.15, -0.1) is 11.3 Å². The zero-order valence-corrected chi connectivity index (χ0v) is 14.4. The van der Waals surface area contributed by atoms with Gasteiger partial charge >= 0.3 is 0 Å². The lowest BCUT2D eigenvalue weighted by Gasteiger charge is -2.26. The summed E-state index contributed by atoms with van der Waals surface area (Å²) in [4.78, 5) is 22.3. The van der Waals surface area contributed by atoms with Gasteiger partial charge in [-0.05, 0) is 35.6 Å². The molecule has 0 unspecified atom stereocenters. The second kappa shape index (κ2) is 7.10. The highest BCUT2D eigenvalue weighted by atomic mass is 32.1. The van der Waals surface area contributed by atoms with Gasteiger partial charge in [-0.3, -0.25) is 9.69 Å². The molecule has 1 amide bonds. The van der Waals surface area contributed by atoms with Crippen LogP contribution in [-0.4, -0.2) is 49.5 Å². The van der Waals surface area contributed by atoms with E-state index >= 15 is 0 Å². The molecule has 3 heterocycles. The van der Waals surface area contributed by atoms with Crippen LogP contribution in [0.25, 0.3) is 0 Å². The largest absolute Gasteiger partial charge is 0.363 e. The van der Waals surface area contributed by atoms with Gasteiger partial charge in [0.2, 0.25) is 0 Å². The maximum absolute atomic E-state index is 12.2. The lowest BCUT2D eigenvalue weighted by Crippen LogP contribution is -2.37. The Balaban J connectivity index is 1.49. The summed E-state index contributed by atoms with van der Waals surface area (Å²) in [6, 6.07) is 5.78. The first kappa shape index (κ1) is 16.0.